The van der Waals surface area contributed by atoms with Gasteiger partial charge in [0.2, 0.25) is 0 Å². The van der Waals surface area contributed by atoms with Crippen LogP contribution in [0, 0.1) is 6.92 Å². The van der Waals surface area contributed by atoms with Gasteiger partial charge in [-0.15, -0.1) is 0 Å². The summed E-state index contributed by atoms with van der Waals surface area (Å²) in [5.74, 6) is 0.935. The Balaban J connectivity index is 2.32. The number of nitrogens with one attached hydrogen (secondary N) is 1. The van der Waals surface area contributed by atoms with Crippen LogP contribution in [0.15, 0.2) is 18.2 Å². The number of benzene rings is 1. The van der Waals surface area contributed by atoms with Gasteiger partial charge in [-0.25, -0.2) is 0 Å². The molecule has 16 heavy (non-hydrogen) atoms. The molecule has 0 aliphatic carbocycles. The number of hydrogen-bond acceptors (Lipinski definition) is 2. The van der Waals surface area contributed by atoms with Gasteiger partial charge in [0.05, 0.1) is 17.0 Å². The van der Waals surface area contributed by atoms with E-state index < -0.39 is 0 Å². The van der Waals surface area contributed by atoms with Crippen molar-refractivity contribution < 1.29 is 4.74 Å². The van der Waals surface area contributed by atoms with E-state index in [1.807, 2.05) is 25.1 Å². The molecule has 3 nitrogen and oxygen atoms in total. The summed E-state index contributed by atoms with van der Waals surface area (Å²) in [7, 11) is 0. The Hall–Kier alpha value is -1.51. The molecule has 0 radical (unpaired) electrons. The van der Waals surface area contributed by atoms with Crippen LogP contribution in [0.25, 0.3) is 10.9 Å². The van der Waals surface area contributed by atoms with Crippen LogP contribution in [-0.4, -0.2) is 16.3 Å². The predicted octanol–water partition coefficient (Wildman–Crippen LogP) is 3.44. The minimum atomic E-state index is 0.255. The molecule has 1 heterocycles. The van der Waals surface area contributed by atoms with Crippen LogP contribution < -0.4 is 4.74 Å². The van der Waals surface area contributed by atoms with Gasteiger partial charge >= 0.3 is 0 Å². The number of rotatable bonds is 4. The van der Waals surface area contributed by atoms with Crippen molar-refractivity contribution in [3.63, 3.8) is 0 Å². The number of aryl methyl sites for hydroxylation is 1. The average molecular weight is 218 g/mol. The summed E-state index contributed by atoms with van der Waals surface area (Å²) in [4.78, 5) is 0. The predicted molar refractivity (Wildman–Crippen MR) is 65.8 cm³/mol. The average Bonchev–Trinajstić information content (AvgIpc) is 2.62. The lowest BCUT2D eigenvalue weighted by molar-refractivity contribution is 0.212. The van der Waals surface area contributed by atoms with E-state index in [0.717, 1.165) is 35.2 Å². The van der Waals surface area contributed by atoms with Crippen molar-refractivity contribution in [1.82, 2.24) is 10.2 Å². The molecule has 1 N–H and O–H groups in total. The highest BCUT2D eigenvalue weighted by atomic mass is 16.5. The van der Waals surface area contributed by atoms with Gasteiger partial charge in [-0.3, -0.25) is 5.10 Å². The fourth-order valence-corrected chi connectivity index (χ4v) is 1.97. The molecule has 0 saturated carbocycles. The first-order chi connectivity index (χ1) is 7.72. The van der Waals surface area contributed by atoms with Crippen LogP contribution in [0.5, 0.6) is 5.75 Å². The third-order valence-corrected chi connectivity index (χ3v) is 2.75. The highest BCUT2D eigenvalue weighted by molar-refractivity contribution is 5.87. The van der Waals surface area contributed by atoms with Gasteiger partial charge < -0.3 is 4.74 Å². The van der Waals surface area contributed by atoms with Crippen molar-refractivity contribution in [2.24, 2.45) is 0 Å². The summed E-state index contributed by atoms with van der Waals surface area (Å²) < 4.78 is 5.95. The monoisotopic (exact) mass is 218 g/mol. The second-order valence-electron chi connectivity index (χ2n) is 4.22. The van der Waals surface area contributed by atoms with E-state index >= 15 is 0 Å². The standard InChI is InChI=1S/C13H18N2O/c1-4-6-9(2)16-12-8-5-7-11-13(12)10(3)14-15-11/h5,7-9H,4,6H2,1-3H3,(H,14,15)/t9-/m1/s1. The van der Waals surface area contributed by atoms with Gasteiger partial charge in [0, 0.05) is 5.69 Å². The second-order valence-corrected chi connectivity index (χ2v) is 4.22. The third kappa shape index (κ3) is 2.03. The Morgan fingerprint density at radius 3 is 3.00 bits per heavy atom. The van der Waals surface area contributed by atoms with E-state index in [-0.39, 0.29) is 6.10 Å². The van der Waals surface area contributed by atoms with Crippen LogP contribution in [0.2, 0.25) is 0 Å². The molecule has 1 aromatic heterocycles. The Bertz CT molecular complexity index is 476. The number of hydrogen-bond donors (Lipinski definition) is 1. The fourth-order valence-electron chi connectivity index (χ4n) is 1.97. The summed E-state index contributed by atoms with van der Waals surface area (Å²) in [6.45, 7) is 6.30. The maximum absolute atomic E-state index is 5.95. The van der Waals surface area contributed by atoms with Gasteiger partial charge in [-0.05, 0) is 32.4 Å². The van der Waals surface area contributed by atoms with E-state index in [9.17, 15) is 0 Å². The molecule has 3 heteroatoms. The van der Waals surface area contributed by atoms with Crippen LogP contribution in [0.1, 0.15) is 32.4 Å². The lowest BCUT2D eigenvalue weighted by Gasteiger charge is -2.14. The van der Waals surface area contributed by atoms with Gasteiger partial charge in [0.25, 0.3) is 0 Å². The van der Waals surface area contributed by atoms with Crippen molar-refractivity contribution in [2.45, 2.75) is 39.7 Å². The quantitative estimate of drug-likeness (QED) is 0.853. The van der Waals surface area contributed by atoms with E-state index in [2.05, 4.69) is 24.0 Å². The number of aromatic amines is 1. The van der Waals surface area contributed by atoms with Crippen LogP contribution >= 0.6 is 0 Å². The van der Waals surface area contributed by atoms with Gasteiger partial charge in [-0.2, -0.15) is 5.10 Å². The first kappa shape index (κ1) is 11.0. The number of nitrogens with zero attached hydrogens (tertiary/aromatic N) is 1. The van der Waals surface area contributed by atoms with E-state index in [0.29, 0.717) is 0 Å². The van der Waals surface area contributed by atoms with Crippen LogP contribution in [0.4, 0.5) is 0 Å². The molecule has 0 spiro atoms. The Morgan fingerprint density at radius 1 is 1.44 bits per heavy atom. The number of aromatic nitrogens is 2. The summed E-state index contributed by atoms with van der Waals surface area (Å²) in [5, 5.41) is 8.32. The topological polar surface area (TPSA) is 37.9 Å². The van der Waals surface area contributed by atoms with E-state index in [1.165, 1.54) is 0 Å². The SMILES string of the molecule is CCC[C@@H](C)Oc1cccc2n[nH]c(C)c12. The molecule has 0 aliphatic rings. The Labute approximate surface area is 95.8 Å². The molecule has 2 rings (SSSR count). The number of fused-ring (bicyclic) bond motifs is 1. The minimum absolute atomic E-state index is 0.255. The lowest BCUT2D eigenvalue weighted by Crippen LogP contribution is -2.11. The molecule has 0 aliphatic heterocycles. The summed E-state index contributed by atoms with van der Waals surface area (Å²) in [6.07, 6.45) is 2.47. The smallest absolute Gasteiger partial charge is 0.130 e. The Kier molecular flexibility index (Phi) is 3.13. The molecular formula is C13H18N2O. The molecule has 0 saturated heterocycles. The maximum Gasteiger partial charge on any atom is 0.130 e. The first-order valence-electron chi connectivity index (χ1n) is 5.82. The van der Waals surface area contributed by atoms with Gasteiger partial charge in [0.1, 0.15) is 5.75 Å². The normalized spacial score (nSPS) is 12.9. The molecule has 1 aromatic carbocycles. The molecule has 0 fully saturated rings. The summed E-state index contributed by atoms with van der Waals surface area (Å²) >= 11 is 0. The molecule has 86 valence electrons. The largest absolute Gasteiger partial charge is 0.490 e. The molecule has 2 aromatic rings. The summed E-state index contributed by atoms with van der Waals surface area (Å²) in [6, 6.07) is 5.99. The summed E-state index contributed by atoms with van der Waals surface area (Å²) in [5.41, 5.74) is 2.04. The molecule has 0 bridgehead atoms. The van der Waals surface area contributed by atoms with Crippen molar-refractivity contribution >= 4 is 10.9 Å². The minimum Gasteiger partial charge on any atom is -0.490 e. The van der Waals surface area contributed by atoms with Gasteiger partial charge in [0.15, 0.2) is 0 Å². The zero-order valence-corrected chi connectivity index (χ0v) is 10.1. The number of ether oxygens (including phenoxy) is 1. The van der Waals surface area contributed by atoms with Crippen molar-refractivity contribution in [3.8, 4) is 5.75 Å². The molecule has 0 unspecified atom stereocenters. The molecule has 1 atom stereocenters. The van der Waals surface area contributed by atoms with Crippen LogP contribution in [0.3, 0.4) is 0 Å². The Morgan fingerprint density at radius 2 is 2.25 bits per heavy atom. The fraction of sp³-hybridized carbons (Fsp3) is 0.462. The maximum atomic E-state index is 5.95. The van der Waals surface area contributed by atoms with Crippen molar-refractivity contribution in [2.75, 3.05) is 0 Å². The highest BCUT2D eigenvalue weighted by Crippen LogP contribution is 2.27. The second kappa shape index (κ2) is 4.56. The lowest BCUT2D eigenvalue weighted by atomic mass is 10.2. The first-order valence-corrected chi connectivity index (χ1v) is 5.82. The zero-order valence-electron chi connectivity index (χ0n) is 10.1. The molecular weight excluding hydrogens is 200 g/mol. The number of H-pyrrole nitrogens is 1. The third-order valence-electron chi connectivity index (χ3n) is 2.75. The van der Waals surface area contributed by atoms with Crippen molar-refractivity contribution in [3.05, 3.63) is 23.9 Å². The van der Waals surface area contributed by atoms with Gasteiger partial charge in [-0.1, -0.05) is 19.4 Å². The van der Waals surface area contributed by atoms with Crippen molar-refractivity contribution in [1.29, 1.82) is 0 Å². The van der Waals surface area contributed by atoms with Crippen LogP contribution in [-0.2, 0) is 0 Å². The van der Waals surface area contributed by atoms with E-state index in [1.54, 1.807) is 0 Å². The van der Waals surface area contributed by atoms with E-state index in [4.69, 9.17) is 4.74 Å². The highest BCUT2D eigenvalue weighted by Gasteiger charge is 2.10. The zero-order chi connectivity index (χ0) is 11.5. The molecule has 0 amide bonds.